The topological polar surface area (TPSA) is 62.7 Å². The summed E-state index contributed by atoms with van der Waals surface area (Å²) in [4.78, 5) is 19.3. The number of hydrogen-bond donors (Lipinski definition) is 2. The SMILES string of the molecule is Cn1ccnc1NC(=O)CCc1c(-c2ccc(F)cc2)[nH]c2c(F)cc(F)cc12. The first-order valence-corrected chi connectivity index (χ1v) is 8.95. The fourth-order valence-corrected chi connectivity index (χ4v) is 3.31. The molecule has 148 valence electrons. The van der Waals surface area contributed by atoms with Crippen LogP contribution in [-0.2, 0) is 18.3 Å². The van der Waals surface area contributed by atoms with Gasteiger partial charge >= 0.3 is 0 Å². The fourth-order valence-electron chi connectivity index (χ4n) is 3.31. The van der Waals surface area contributed by atoms with Gasteiger partial charge in [0, 0.05) is 43.0 Å². The minimum atomic E-state index is -0.730. The van der Waals surface area contributed by atoms with Gasteiger partial charge in [-0.25, -0.2) is 18.2 Å². The number of carbonyl (C=O) groups excluding carboxylic acids is 1. The first-order valence-electron chi connectivity index (χ1n) is 8.95. The molecule has 0 aliphatic rings. The average molecular weight is 398 g/mol. The van der Waals surface area contributed by atoms with Gasteiger partial charge in [-0.2, -0.15) is 0 Å². The van der Waals surface area contributed by atoms with Crippen LogP contribution in [0.5, 0.6) is 0 Å². The maximum atomic E-state index is 14.3. The number of fused-ring (bicyclic) bond motifs is 1. The summed E-state index contributed by atoms with van der Waals surface area (Å²) >= 11 is 0. The number of anilines is 1. The molecule has 0 bridgehead atoms. The van der Waals surface area contributed by atoms with Gasteiger partial charge in [0.2, 0.25) is 11.9 Å². The number of amides is 1. The Hall–Kier alpha value is -3.55. The molecular formula is C21H17F3N4O. The molecule has 0 spiro atoms. The summed E-state index contributed by atoms with van der Waals surface area (Å²) in [5.74, 6) is -1.72. The van der Waals surface area contributed by atoms with Crippen molar-refractivity contribution in [2.75, 3.05) is 5.32 Å². The molecule has 0 fully saturated rings. The van der Waals surface area contributed by atoms with Crippen molar-refractivity contribution in [1.29, 1.82) is 0 Å². The second-order valence-corrected chi connectivity index (χ2v) is 6.71. The van der Waals surface area contributed by atoms with Crippen LogP contribution in [-0.4, -0.2) is 20.4 Å². The zero-order chi connectivity index (χ0) is 20.5. The molecule has 0 saturated heterocycles. The number of H-pyrrole nitrogens is 1. The molecule has 1 amide bonds. The highest BCUT2D eigenvalue weighted by Gasteiger charge is 2.18. The second kappa shape index (κ2) is 7.46. The number of aromatic amines is 1. The van der Waals surface area contributed by atoms with E-state index < -0.39 is 17.5 Å². The maximum Gasteiger partial charge on any atom is 0.227 e. The third kappa shape index (κ3) is 3.73. The molecular weight excluding hydrogens is 381 g/mol. The molecule has 0 aliphatic heterocycles. The van der Waals surface area contributed by atoms with Crippen molar-refractivity contribution in [2.24, 2.45) is 7.05 Å². The van der Waals surface area contributed by atoms with Crippen molar-refractivity contribution in [3.8, 4) is 11.3 Å². The average Bonchev–Trinajstić information content (AvgIpc) is 3.24. The number of nitrogens with zero attached hydrogens (tertiary/aromatic N) is 2. The number of aromatic nitrogens is 3. The normalized spacial score (nSPS) is 11.2. The Labute approximate surface area is 164 Å². The highest BCUT2D eigenvalue weighted by Crippen LogP contribution is 2.33. The monoisotopic (exact) mass is 398 g/mol. The Morgan fingerprint density at radius 3 is 2.59 bits per heavy atom. The van der Waals surface area contributed by atoms with E-state index in [0.717, 1.165) is 6.07 Å². The van der Waals surface area contributed by atoms with Crippen molar-refractivity contribution in [2.45, 2.75) is 12.8 Å². The molecule has 2 aromatic heterocycles. The quantitative estimate of drug-likeness (QED) is 0.518. The van der Waals surface area contributed by atoms with Gasteiger partial charge < -0.3 is 9.55 Å². The van der Waals surface area contributed by atoms with Crippen LogP contribution in [0.25, 0.3) is 22.2 Å². The van der Waals surface area contributed by atoms with Crippen molar-refractivity contribution in [3.63, 3.8) is 0 Å². The molecule has 0 saturated carbocycles. The Bertz CT molecular complexity index is 1190. The lowest BCUT2D eigenvalue weighted by Crippen LogP contribution is -2.15. The number of halogens is 3. The van der Waals surface area contributed by atoms with Gasteiger partial charge in [-0.15, -0.1) is 0 Å². The Kier molecular flexibility index (Phi) is 4.84. The van der Waals surface area contributed by atoms with E-state index >= 15 is 0 Å². The third-order valence-corrected chi connectivity index (χ3v) is 4.74. The van der Waals surface area contributed by atoms with E-state index in [4.69, 9.17) is 0 Å². The van der Waals surface area contributed by atoms with E-state index in [0.29, 0.717) is 28.2 Å². The minimum Gasteiger partial charge on any atom is -0.352 e. The molecule has 4 rings (SSSR count). The molecule has 5 nitrogen and oxygen atoms in total. The van der Waals surface area contributed by atoms with Gasteiger partial charge in [0.25, 0.3) is 0 Å². The fraction of sp³-hybridized carbons (Fsp3) is 0.143. The zero-order valence-corrected chi connectivity index (χ0v) is 15.5. The van der Waals surface area contributed by atoms with Gasteiger partial charge in [-0.1, -0.05) is 0 Å². The van der Waals surface area contributed by atoms with Gasteiger partial charge in [-0.05, 0) is 47.9 Å². The number of nitrogens with one attached hydrogen (secondary N) is 2. The maximum absolute atomic E-state index is 14.3. The largest absolute Gasteiger partial charge is 0.352 e. The van der Waals surface area contributed by atoms with Crippen molar-refractivity contribution in [1.82, 2.24) is 14.5 Å². The Balaban J connectivity index is 1.69. The molecule has 0 aliphatic carbocycles. The van der Waals surface area contributed by atoms with Crippen LogP contribution in [0.3, 0.4) is 0 Å². The number of aryl methyl sites for hydroxylation is 2. The van der Waals surface area contributed by atoms with Crippen LogP contribution in [0.15, 0.2) is 48.8 Å². The zero-order valence-electron chi connectivity index (χ0n) is 15.5. The first-order chi connectivity index (χ1) is 13.9. The van der Waals surface area contributed by atoms with Crippen molar-refractivity contribution in [3.05, 3.63) is 71.8 Å². The molecule has 8 heteroatoms. The lowest BCUT2D eigenvalue weighted by molar-refractivity contribution is -0.116. The van der Waals surface area contributed by atoms with E-state index in [1.54, 1.807) is 36.1 Å². The molecule has 2 heterocycles. The molecule has 4 aromatic rings. The molecule has 0 radical (unpaired) electrons. The van der Waals surface area contributed by atoms with E-state index in [1.165, 1.54) is 18.2 Å². The summed E-state index contributed by atoms with van der Waals surface area (Å²) in [6, 6.07) is 7.70. The van der Waals surface area contributed by atoms with E-state index in [-0.39, 0.29) is 24.3 Å². The Morgan fingerprint density at radius 2 is 1.90 bits per heavy atom. The smallest absolute Gasteiger partial charge is 0.227 e. The van der Waals surface area contributed by atoms with Crippen molar-refractivity contribution < 1.29 is 18.0 Å². The predicted octanol–water partition coefficient (Wildman–Crippen LogP) is 4.56. The van der Waals surface area contributed by atoms with E-state index in [1.807, 2.05) is 0 Å². The summed E-state index contributed by atoms with van der Waals surface area (Å²) in [6.45, 7) is 0. The summed E-state index contributed by atoms with van der Waals surface area (Å²) in [5.41, 5.74) is 1.86. The van der Waals surface area contributed by atoms with E-state index in [9.17, 15) is 18.0 Å². The number of carbonyl (C=O) groups is 1. The minimum absolute atomic E-state index is 0.0755. The molecule has 29 heavy (non-hydrogen) atoms. The summed E-state index contributed by atoms with van der Waals surface area (Å²) in [6.07, 6.45) is 3.57. The first kappa shape index (κ1) is 18.8. The summed E-state index contributed by atoms with van der Waals surface area (Å²) < 4.78 is 43.1. The number of benzene rings is 2. The van der Waals surface area contributed by atoms with Crippen molar-refractivity contribution >= 4 is 22.8 Å². The highest BCUT2D eigenvalue weighted by atomic mass is 19.1. The lowest BCUT2D eigenvalue weighted by Gasteiger charge is -2.07. The van der Waals surface area contributed by atoms with Gasteiger partial charge in [0.1, 0.15) is 17.5 Å². The van der Waals surface area contributed by atoms with Gasteiger partial charge in [0.15, 0.2) is 0 Å². The highest BCUT2D eigenvalue weighted by molar-refractivity contribution is 5.93. The Morgan fingerprint density at radius 1 is 1.14 bits per heavy atom. The van der Waals surface area contributed by atoms with Crippen LogP contribution in [0.2, 0.25) is 0 Å². The van der Waals surface area contributed by atoms with Gasteiger partial charge in [-0.3, -0.25) is 10.1 Å². The van der Waals surface area contributed by atoms with Crippen LogP contribution < -0.4 is 5.32 Å². The standard InChI is InChI=1S/C21H17F3N4O/c1-28-9-8-25-21(28)26-18(29)7-6-15-16-10-14(23)11-17(24)20(16)27-19(15)12-2-4-13(22)5-3-12/h2-5,8-11,27H,6-7H2,1H3,(H,25,26,29). The molecule has 0 unspecified atom stereocenters. The van der Waals surface area contributed by atoms with Crippen LogP contribution in [0, 0.1) is 17.5 Å². The number of rotatable bonds is 5. The second-order valence-electron chi connectivity index (χ2n) is 6.71. The van der Waals surface area contributed by atoms with Crippen LogP contribution in [0.1, 0.15) is 12.0 Å². The molecule has 2 aromatic carbocycles. The van der Waals surface area contributed by atoms with E-state index in [2.05, 4.69) is 15.3 Å². The lowest BCUT2D eigenvalue weighted by atomic mass is 10.0. The summed E-state index contributed by atoms with van der Waals surface area (Å²) in [7, 11) is 1.75. The third-order valence-electron chi connectivity index (χ3n) is 4.74. The predicted molar refractivity (Wildman–Crippen MR) is 104 cm³/mol. The molecule has 0 atom stereocenters. The van der Waals surface area contributed by atoms with Crippen LogP contribution in [0.4, 0.5) is 19.1 Å². The summed E-state index contributed by atoms with van der Waals surface area (Å²) in [5, 5.41) is 3.05. The van der Waals surface area contributed by atoms with Gasteiger partial charge in [0.05, 0.1) is 5.52 Å². The number of imidazole rings is 1. The number of hydrogen-bond acceptors (Lipinski definition) is 2. The van der Waals surface area contributed by atoms with Crippen LogP contribution >= 0.6 is 0 Å². The molecule has 2 N–H and O–H groups in total.